The van der Waals surface area contributed by atoms with Gasteiger partial charge in [-0.25, -0.2) is 0 Å². The van der Waals surface area contributed by atoms with Crippen LogP contribution in [0.25, 0.3) is 0 Å². The van der Waals surface area contributed by atoms with Gasteiger partial charge in [0.15, 0.2) is 0 Å². The molecule has 2 saturated heterocycles. The zero-order valence-electron chi connectivity index (χ0n) is 12.9. The molecular formula is C17H18N4O2. The van der Waals surface area contributed by atoms with Gasteiger partial charge in [0.25, 0.3) is 0 Å². The van der Waals surface area contributed by atoms with Crippen molar-refractivity contribution in [1.82, 2.24) is 9.80 Å². The molecule has 6 nitrogen and oxygen atoms in total. The highest BCUT2D eigenvalue weighted by atomic mass is 16.2. The maximum atomic E-state index is 12.4. The van der Waals surface area contributed by atoms with Gasteiger partial charge < -0.3 is 9.80 Å². The normalized spacial score (nSPS) is 42.8. The third kappa shape index (κ3) is 2.05. The molecule has 2 heterocycles. The lowest BCUT2D eigenvalue weighted by Gasteiger charge is -2.23. The van der Waals surface area contributed by atoms with E-state index >= 15 is 0 Å². The predicted molar refractivity (Wildman–Crippen MR) is 79.2 cm³/mol. The molecule has 6 heteroatoms. The first kappa shape index (κ1) is 14.3. The van der Waals surface area contributed by atoms with Gasteiger partial charge in [-0.1, -0.05) is 6.92 Å². The van der Waals surface area contributed by atoms with E-state index < -0.39 is 0 Å². The molecule has 7 atom stereocenters. The van der Waals surface area contributed by atoms with Crippen molar-refractivity contribution in [3.8, 4) is 12.1 Å². The second-order valence-electron chi connectivity index (χ2n) is 7.16. The third-order valence-corrected chi connectivity index (χ3v) is 5.94. The molecule has 2 amide bonds. The summed E-state index contributed by atoms with van der Waals surface area (Å²) in [5, 5.41) is 18.3. The topological polar surface area (TPSA) is 88.2 Å². The highest BCUT2D eigenvalue weighted by Gasteiger charge is 2.60. The van der Waals surface area contributed by atoms with Gasteiger partial charge in [0.2, 0.25) is 11.8 Å². The number of likely N-dealkylation sites (tertiary alicyclic amines) is 2. The molecule has 0 radical (unpaired) electrons. The number of amides is 2. The fourth-order valence-electron chi connectivity index (χ4n) is 4.53. The Morgan fingerprint density at radius 2 is 1.61 bits per heavy atom. The van der Waals surface area contributed by atoms with E-state index in [1.165, 1.54) is 12.2 Å². The van der Waals surface area contributed by atoms with E-state index in [2.05, 4.69) is 19.1 Å². The van der Waals surface area contributed by atoms with E-state index in [1.54, 1.807) is 9.80 Å². The van der Waals surface area contributed by atoms with Crippen molar-refractivity contribution in [2.24, 2.45) is 17.8 Å². The maximum absolute atomic E-state index is 12.4. The molecule has 0 bridgehead atoms. The van der Waals surface area contributed by atoms with Crippen LogP contribution in [0.1, 0.15) is 26.2 Å². The Bertz CT molecular complexity index is 688. The Morgan fingerprint density at radius 1 is 1.00 bits per heavy atom. The van der Waals surface area contributed by atoms with Crippen molar-refractivity contribution in [3.63, 3.8) is 0 Å². The molecule has 23 heavy (non-hydrogen) atoms. The second kappa shape index (κ2) is 4.83. The summed E-state index contributed by atoms with van der Waals surface area (Å²) in [6.07, 6.45) is 5.02. The van der Waals surface area contributed by atoms with Crippen LogP contribution in [0.5, 0.6) is 0 Å². The lowest BCUT2D eigenvalue weighted by molar-refractivity contribution is -0.129. The molecule has 4 fully saturated rings. The zero-order chi connectivity index (χ0) is 16.3. The lowest BCUT2D eigenvalue weighted by Crippen LogP contribution is -2.39. The molecule has 2 saturated carbocycles. The van der Waals surface area contributed by atoms with E-state index in [4.69, 9.17) is 5.26 Å². The molecule has 2 aliphatic heterocycles. The van der Waals surface area contributed by atoms with Gasteiger partial charge in [0, 0.05) is 24.2 Å². The maximum Gasteiger partial charge on any atom is 0.248 e. The predicted octanol–water partition coefficient (Wildman–Crippen LogP) is 0.815. The summed E-state index contributed by atoms with van der Waals surface area (Å²) in [4.78, 5) is 28.0. The van der Waals surface area contributed by atoms with Crippen LogP contribution in [-0.2, 0) is 9.59 Å². The van der Waals surface area contributed by atoms with Crippen LogP contribution in [0.15, 0.2) is 12.2 Å². The second-order valence-corrected chi connectivity index (χ2v) is 7.16. The minimum atomic E-state index is -0.375. The molecule has 4 rings (SSSR count). The van der Waals surface area contributed by atoms with Gasteiger partial charge in [-0.2, -0.15) is 10.5 Å². The van der Waals surface area contributed by atoms with Crippen LogP contribution in [0, 0.1) is 40.4 Å². The summed E-state index contributed by atoms with van der Waals surface area (Å²) in [6.45, 7) is 2.09. The quantitative estimate of drug-likeness (QED) is 0.706. The van der Waals surface area contributed by atoms with Gasteiger partial charge >= 0.3 is 0 Å². The zero-order valence-corrected chi connectivity index (χ0v) is 12.9. The Kier molecular flexibility index (Phi) is 2.99. The molecular weight excluding hydrogens is 292 g/mol. The number of hydrogen-bond donors (Lipinski definition) is 0. The summed E-state index contributed by atoms with van der Waals surface area (Å²) in [6, 6.07) is 3.94. The molecule has 118 valence electrons. The number of nitrogens with zero attached hydrogens (tertiary/aromatic N) is 4. The number of piperidine rings is 2. The average Bonchev–Trinajstić information content (AvgIpc) is 3.33. The van der Waals surface area contributed by atoms with Gasteiger partial charge in [0.1, 0.15) is 12.1 Å². The summed E-state index contributed by atoms with van der Waals surface area (Å²) in [5.41, 5.74) is 0. The number of carbonyl (C=O) groups is 2. The van der Waals surface area contributed by atoms with E-state index in [-0.39, 0.29) is 36.0 Å². The van der Waals surface area contributed by atoms with Gasteiger partial charge in [0.05, 0.1) is 12.1 Å². The Morgan fingerprint density at radius 3 is 2.26 bits per heavy atom. The highest BCUT2D eigenvalue weighted by Crippen LogP contribution is 2.53. The number of fused-ring (bicyclic) bond motifs is 2. The number of rotatable bonds is 2. The standard InChI is InChI=1S/C17H18N4O2/c1-9-13-6-12(8-19)21(17(9)13)16(23)3-2-15(22)20-11(7-18)4-10-5-14(10)20/h2-3,9-14,17H,4-6H2,1H3/b3-2+/t9-,10+,11-,12-,13+,14-,17-/m0/s1. The van der Waals surface area contributed by atoms with E-state index in [0.717, 1.165) is 19.3 Å². The SMILES string of the molecule is C[C@H]1[C@H]2C[C@@H](C#N)N(C(=O)/C=C/C(=O)N3[C@H](C#N)C[C@@H]4C[C@@H]43)[C@@H]12. The monoisotopic (exact) mass is 310 g/mol. The van der Waals surface area contributed by atoms with Crippen LogP contribution in [0.4, 0.5) is 0 Å². The van der Waals surface area contributed by atoms with Crippen LogP contribution < -0.4 is 0 Å². The highest BCUT2D eigenvalue weighted by molar-refractivity contribution is 5.98. The first-order chi connectivity index (χ1) is 11.1. The first-order valence-corrected chi connectivity index (χ1v) is 8.18. The van der Waals surface area contributed by atoms with E-state index in [9.17, 15) is 14.9 Å². The summed E-state index contributed by atoms with van der Waals surface area (Å²) in [7, 11) is 0. The van der Waals surface area contributed by atoms with Crippen LogP contribution >= 0.6 is 0 Å². The Labute approximate surface area is 134 Å². The fraction of sp³-hybridized carbons (Fsp3) is 0.647. The van der Waals surface area contributed by atoms with Crippen molar-refractivity contribution in [1.29, 1.82) is 10.5 Å². The average molecular weight is 310 g/mol. The molecule has 0 aromatic heterocycles. The Hall–Kier alpha value is -2.34. The van der Waals surface area contributed by atoms with Crippen molar-refractivity contribution in [2.75, 3.05) is 0 Å². The van der Waals surface area contributed by atoms with E-state index in [1.807, 2.05) is 0 Å². The first-order valence-electron chi connectivity index (χ1n) is 8.18. The van der Waals surface area contributed by atoms with Crippen LogP contribution in [0.3, 0.4) is 0 Å². The van der Waals surface area contributed by atoms with Crippen molar-refractivity contribution >= 4 is 11.8 Å². The van der Waals surface area contributed by atoms with Crippen molar-refractivity contribution in [2.45, 2.75) is 50.4 Å². The third-order valence-electron chi connectivity index (χ3n) is 5.94. The molecule has 0 aromatic carbocycles. The Balaban J connectivity index is 1.44. The summed E-state index contributed by atoms with van der Waals surface area (Å²) < 4.78 is 0. The summed E-state index contributed by atoms with van der Waals surface area (Å²) >= 11 is 0. The fourth-order valence-corrected chi connectivity index (χ4v) is 4.53. The number of nitriles is 2. The minimum Gasteiger partial charge on any atom is -0.320 e. The molecule has 4 aliphatic rings. The minimum absolute atomic E-state index is 0.151. The van der Waals surface area contributed by atoms with Crippen molar-refractivity contribution in [3.05, 3.63) is 12.2 Å². The van der Waals surface area contributed by atoms with Gasteiger partial charge in [-0.05, 0) is 37.0 Å². The smallest absolute Gasteiger partial charge is 0.248 e. The van der Waals surface area contributed by atoms with Crippen LogP contribution in [-0.4, -0.2) is 45.8 Å². The lowest BCUT2D eigenvalue weighted by atomic mass is 10.1. The molecule has 0 aromatic rings. The van der Waals surface area contributed by atoms with Crippen molar-refractivity contribution < 1.29 is 9.59 Å². The van der Waals surface area contributed by atoms with Crippen LogP contribution in [0.2, 0.25) is 0 Å². The largest absolute Gasteiger partial charge is 0.320 e. The van der Waals surface area contributed by atoms with Gasteiger partial charge in [-0.15, -0.1) is 0 Å². The van der Waals surface area contributed by atoms with E-state index in [0.29, 0.717) is 17.8 Å². The molecule has 0 unspecified atom stereocenters. The van der Waals surface area contributed by atoms with Gasteiger partial charge in [-0.3, -0.25) is 9.59 Å². The summed E-state index contributed by atoms with van der Waals surface area (Å²) in [5.74, 6) is 0.815. The molecule has 0 spiro atoms. The number of hydrogen-bond acceptors (Lipinski definition) is 4. The molecule has 0 N–H and O–H groups in total. The number of carbonyl (C=O) groups excluding carboxylic acids is 2. The molecule has 2 aliphatic carbocycles.